The summed E-state index contributed by atoms with van der Waals surface area (Å²) in [6.07, 6.45) is 3.46. The Hall–Kier alpha value is -1.87. The van der Waals surface area contributed by atoms with Crippen molar-refractivity contribution in [2.75, 3.05) is 18.0 Å². The van der Waals surface area contributed by atoms with Gasteiger partial charge in [0.2, 0.25) is 0 Å². The highest BCUT2D eigenvalue weighted by Crippen LogP contribution is 2.16. The summed E-state index contributed by atoms with van der Waals surface area (Å²) in [6, 6.07) is 15.7. The second-order valence-corrected chi connectivity index (χ2v) is 5.89. The van der Waals surface area contributed by atoms with Crippen molar-refractivity contribution >= 4 is 33.5 Å². The van der Waals surface area contributed by atoms with Crippen LogP contribution >= 0.6 is 15.9 Å². The van der Waals surface area contributed by atoms with Crippen molar-refractivity contribution in [3.8, 4) is 0 Å². The lowest BCUT2D eigenvalue weighted by Crippen LogP contribution is -2.21. The number of rotatable bonds is 6. The molecule has 2 rings (SSSR count). The first-order valence-electron chi connectivity index (χ1n) is 7.47. The van der Waals surface area contributed by atoms with E-state index in [2.05, 4.69) is 34.7 Å². The number of hydrogen-bond donors (Lipinski definition) is 0. The van der Waals surface area contributed by atoms with Crippen LogP contribution in [0.4, 0.5) is 5.69 Å². The number of benzene rings is 2. The Bertz CT molecular complexity index is 657. The van der Waals surface area contributed by atoms with E-state index in [-0.39, 0.29) is 5.78 Å². The standard InChI is InChI=1S/C19H20BrNO/c1-3-21(4-2)18-11-9-16(10-12-18)19(22)13-8-15-6-5-7-17(20)14-15/h5-14H,3-4H2,1-2H3. The normalized spacial score (nSPS) is 10.9. The average molecular weight is 358 g/mol. The van der Waals surface area contributed by atoms with Crippen LogP contribution in [0.15, 0.2) is 59.1 Å². The van der Waals surface area contributed by atoms with Gasteiger partial charge < -0.3 is 4.90 Å². The summed E-state index contributed by atoms with van der Waals surface area (Å²) in [4.78, 5) is 14.5. The SMILES string of the molecule is CCN(CC)c1ccc(C(=O)C=Cc2cccc(Br)c2)cc1. The molecule has 0 aliphatic carbocycles. The quantitative estimate of drug-likeness (QED) is 0.523. The highest BCUT2D eigenvalue weighted by molar-refractivity contribution is 9.10. The van der Waals surface area contributed by atoms with Crippen molar-refractivity contribution in [1.82, 2.24) is 0 Å². The maximum atomic E-state index is 12.2. The molecule has 2 nitrogen and oxygen atoms in total. The molecule has 0 fully saturated rings. The van der Waals surface area contributed by atoms with Crippen molar-refractivity contribution in [2.45, 2.75) is 13.8 Å². The molecule has 0 amide bonds. The number of anilines is 1. The fraction of sp³-hybridized carbons (Fsp3) is 0.211. The molecule has 0 saturated heterocycles. The van der Waals surface area contributed by atoms with Crippen LogP contribution < -0.4 is 4.90 Å². The van der Waals surface area contributed by atoms with Crippen molar-refractivity contribution in [1.29, 1.82) is 0 Å². The average Bonchev–Trinajstić information content (AvgIpc) is 2.54. The van der Waals surface area contributed by atoms with Crippen LogP contribution in [0.5, 0.6) is 0 Å². The summed E-state index contributed by atoms with van der Waals surface area (Å²) in [5.74, 6) is 0.0195. The molecule has 0 atom stereocenters. The molecule has 22 heavy (non-hydrogen) atoms. The van der Waals surface area contributed by atoms with Crippen molar-refractivity contribution < 1.29 is 4.79 Å². The summed E-state index contributed by atoms with van der Waals surface area (Å²) >= 11 is 3.43. The van der Waals surface area contributed by atoms with Gasteiger partial charge in [-0.15, -0.1) is 0 Å². The molecule has 0 unspecified atom stereocenters. The zero-order valence-corrected chi connectivity index (χ0v) is 14.5. The van der Waals surface area contributed by atoms with Gasteiger partial charge in [0.25, 0.3) is 0 Å². The van der Waals surface area contributed by atoms with Gasteiger partial charge >= 0.3 is 0 Å². The van der Waals surface area contributed by atoms with Gasteiger partial charge in [-0.2, -0.15) is 0 Å². The van der Waals surface area contributed by atoms with Crippen LogP contribution in [0, 0.1) is 0 Å². The van der Waals surface area contributed by atoms with Gasteiger partial charge in [-0.05, 0) is 61.9 Å². The van der Waals surface area contributed by atoms with Gasteiger partial charge in [-0.25, -0.2) is 0 Å². The molecule has 0 aliphatic rings. The Balaban J connectivity index is 2.10. The molecule has 0 aliphatic heterocycles. The van der Waals surface area contributed by atoms with Crippen molar-refractivity contribution in [2.24, 2.45) is 0 Å². The van der Waals surface area contributed by atoms with E-state index in [9.17, 15) is 4.79 Å². The van der Waals surface area contributed by atoms with E-state index in [0.29, 0.717) is 5.56 Å². The Labute approximate surface area is 140 Å². The van der Waals surface area contributed by atoms with Crippen molar-refractivity contribution in [3.05, 3.63) is 70.2 Å². The third-order valence-corrected chi connectivity index (χ3v) is 4.05. The number of carbonyl (C=O) groups is 1. The zero-order valence-electron chi connectivity index (χ0n) is 12.9. The highest BCUT2D eigenvalue weighted by Gasteiger charge is 2.05. The monoisotopic (exact) mass is 357 g/mol. The first kappa shape index (κ1) is 16.5. The van der Waals surface area contributed by atoms with Crippen LogP contribution in [-0.2, 0) is 0 Å². The molecule has 2 aromatic rings. The molecule has 0 spiro atoms. The Morgan fingerprint density at radius 2 is 1.77 bits per heavy atom. The van der Waals surface area contributed by atoms with Gasteiger partial charge in [-0.3, -0.25) is 4.79 Å². The minimum absolute atomic E-state index is 0.0195. The van der Waals surface area contributed by atoms with Gasteiger partial charge in [0.1, 0.15) is 0 Å². The second-order valence-electron chi connectivity index (χ2n) is 4.97. The van der Waals surface area contributed by atoms with Crippen LogP contribution in [0.1, 0.15) is 29.8 Å². The third kappa shape index (κ3) is 4.31. The first-order valence-corrected chi connectivity index (χ1v) is 8.26. The number of nitrogens with zero attached hydrogens (tertiary/aromatic N) is 1. The largest absolute Gasteiger partial charge is 0.372 e. The Morgan fingerprint density at radius 3 is 2.36 bits per heavy atom. The summed E-state index contributed by atoms with van der Waals surface area (Å²) in [5, 5.41) is 0. The summed E-state index contributed by atoms with van der Waals surface area (Å²) in [5.41, 5.74) is 2.86. The molecular weight excluding hydrogens is 338 g/mol. The molecule has 0 saturated carbocycles. The Morgan fingerprint density at radius 1 is 1.09 bits per heavy atom. The maximum Gasteiger partial charge on any atom is 0.185 e. The third-order valence-electron chi connectivity index (χ3n) is 3.56. The van der Waals surface area contributed by atoms with Crippen LogP contribution in [0.3, 0.4) is 0 Å². The summed E-state index contributed by atoms with van der Waals surface area (Å²) in [6.45, 7) is 6.19. The number of hydrogen-bond acceptors (Lipinski definition) is 2. The minimum atomic E-state index is 0.0195. The predicted molar refractivity (Wildman–Crippen MR) is 97.5 cm³/mol. The molecule has 0 bridgehead atoms. The Kier molecular flexibility index (Phi) is 5.96. The lowest BCUT2D eigenvalue weighted by Gasteiger charge is -2.20. The zero-order chi connectivity index (χ0) is 15.9. The number of halogens is 1. The summed E-state index contributed by atoms with van der Waals surface area (Å²) < 4.78 is 1.01. The van der Waals surface area contributed by atoms with E-state index in [1.165, 1.54) is 0 Å². The van der Waals surface area contributed by atoms with Gasteiger partial charge in [0.15, 0.2) is 5.78 Å². The highest BCUT2D eigenvalue weighted by atomic mass is 79.9. The number of allylic oxidation sites excluding steroid dienone is 1. The van der Waals surface area contributed by atoms with E-state index in [4.69, 9.17) is 0 Å². The van der Waals surface area contributed by atoms with E-state index in [0.717, 1.165) is 28.8 Å². The lowest BCUT2D eigenvalue weighted by atomic mass is 10.1. The van der Waals surface area contributed by atoms with E-state index >= 15 is 0 Å². The topological polar surface area (TPSA) is 20.3 Å². The molecular formula is C19H20BrNO. The molecule has 3 heteroatoms. The smallest absolute Gasteiger partial charge is 0.185 e. The number of ketones is 1. The molecule has 0 N–H and O–H groups in total. The van der Waals surface area contributed by atoms with Gasteiger partial charge in [-0.1, -0.05) is 34.1 Å². The fourth-order valence-corrected chi connectivity index (χ4v) is 2.72. The van der Waals surface area contributed by atoms with E-state index < -0.39 is 0 Å². The van der Waals surface area contributed by atoms with E-state index in [1.807, 2.05) is 54.6 Å². The molecule has 0 aromatic heterocycles. The fourth-order valence-electron chi connectivity index (χ4n) is 2.30. The summed E-state index contributed by atoms with van der Waals surface area (Å²) in [7, 11) is 0. The first-order chi connectivity index (χ1) is 10.6. The predicted octanol–water partition coefficient (Wildman–Crippen LogP) is 5.19. The minimum Gasteiger partial charge on any atom is -0.372 e. The van der Waals surface area contributed by atoms with Gasteiger partial charge in [0.05, 0.1) is 0 Å². The van der Waals surface area contributed by atoms with Crippen LogP contribution in [0.2, 0.25) is 0 Å². The molecule has 0 radical (unpaired) electrons. The second kappa shape index (κ2) is 7.95. The van der Waals surface area contributed by atoms with Gasteiger partial charge in [0, 0.05) is 28.8 Å². The van der Waals surface area contributed by atoms with Crippen molar-refractivity contribution in [3.63, 3.8) is 0 Å². The molecule has 2 aromatic carbocycles. The molecule has 0 heterocycles. The number of carbonyl (C=O) groups excluding carboxylic acids is 1. The molecule has 114 valence electrons. The van der Waals surface area contributed by atoms with Crippen LogP contribution in [0.25, 0.3) is 6.08 Å². The van der Waals surface area contributed by atoms with E-state index in [1.54, 1.807) is 6.08 Å². The van der Waals surface area contributed by atoms with Crippen LogP contribution in [-0.4, -0.2) is 18.9 Å². The lowest BCUT2D eigenvalue weighted by molar-refractivity contribution is 0.104. The maximum absolute atomic E-state index is 12.2.